The van der Waals surface area contributed by atoms with Crippen molar-refractivity contribution in [3.05, 3.63) is 34.9 Å². The Bertz CT molecular complexity index is 1040. The second-order valence-electron chi connectivity index (χ2n) is 12.1. The van der Waals surface area contributed by atoms with Crippen molar-refractivity contribution >= 4 is 35.6 Å². The van der Waals surface area contributed by atoms with Crippen LogP contribution in [-0.2, 0) is 23.9 Å². The fraction of sp³-hybridized carbons (Fsp3) is 0.688. The van der Waals surface area contributed by atoms with Crippen LogP contribution in [0.1, 0.15) is 96.9 Å². The predicted molar refractivity (Wildman–Crippen MR) is 169 cm³/mol. The van der Waals surface area contributed by atoms with E-state index in [1.54, 1.807) is 44.4 Å². The van der Waals surface area contributed by atoms with Gasteiger partial charge in [0.05, 0.1) is 13.0 Å². The lowest BCUT2D eigenvalue weighted by molar-refractivity contribution is -0.146. The van der Waals surface area contributed by atoms with Crippen LogP contribution in [0, 0.1) is 19.8 Å². The van der Waals surface area contributed by atoms with Crippen LogP contribution in [0.15, 0.2) is 18.2 Å². The number of rotatable bonds is 16. The van der Waals surface area contributed by atoms with E-state index in [0.29, 0.717) is 30.1 Å². The molecule has 2 N–H and O–H groups in total. The first-order chi connectivity index (χ1) is 19.6. The van der Waals surface area contributed by atoms with Crippen molar-refractivity contribution in [2.24, 2.45) is 5.92 Å². The van der Waals surface area contributed by atoms with Crippen molar-refractivity contribution in [1.29, 1.82) is 0 Å². The normalized spacial score (nSPS) is 13.6. The number of benzene rings is 1. The van der Waals surface area contributed by atoms with Gasteiger partial charge in [0.15, 0.2) is 0 Å². The number of nitrogens with one attached hydrogen (secondary N) is 2. The first-order valence-electron chi connectivity index (χ1n) is 14.9. The standard InChI is InChI=1S/C32H53N3O6S/c1-11-40-27(36)16-18-33-29(37)28(25-15-13-22(4)23(5)20-25)35(24(6)14-12-21(2)3)30(38)26(17-19-42-10)34-31(39)41-32(7,8)9/h13,15,20-21,24,26,28H,11-12,14,16-19H2,1-10H3,(H,33,37)(H,34,39). The number of thioether (sulfide) groups is 1. The van der Waals surface area contributed by atoms with Gasteiger partial charge in [-0.15, -0.1) is 0 Å². The molecule has 3 atom stereocenters. The molecular formula is C32H53N3O6S. The maximum absolute atomic E-state index is 14.5. The second-order valence-corrected chi connectivity index (χ2v) is 13.1. The molecule has 9 nitrogen and oxygen atoms in total. The lowest BCUT2D eigenvalue weighted by Crippen LogP contribution is -2.55. The first kappa shape index (κ1) is 37.3. The maximum Gasteiger partial charge on any atom is 0.408 e. The lowest BCUT2D eigenvalue weighted by atomic mass is 9.95. The molecule has 42 heavy (non-hydrogen) atoms. The topological polar surface area (TPSA) is 114 Å². The molecule has 0 saturated carbocycles. The summed E-state index contributed by atoms with van der Waals surface area (Å²) in [4.78, 5) is 54.8. The van der Waals surface area contributed by atoms with Crippen LogP contribution < -0.4 is 10.6 Å². The smallest absolute Gasteiger partial charge is 0.408 e. The monoisotopic (exact) mass is 607 g/mol. The molecule has 0 aliphatic carbocycles. The maximum atomic E-state index is 14.5. The number of carbonyl (C=O) groups is 4. The molecule has 10 heteroatoms. The van der Waals surface area contributed by atoms with E-state index in [1.807, 2.05) is 45.2 Å². The van der Waals surface area contributed by atoms with Crippen LogP contribution in [-0.4, -0.2) is 71.6 Å². The van der Waals surface area contributed by atoms with E-state index in [4.69, 9.17) is 9.47 Å². The minimum atomic E-state index is -0.974. The molecule has 3 amide bonds. The van der Waals surface area contributed by atoms with Gasteiger partial charge in [-0.05, 0) is 102 Å². The zero-order valence-corrected chi connectivity index (χ0v) is 28.1. The van der Waals surface area contributed by atoms with Gasteiger partial charge < -0.3 is 25.0 Å². The minimum Gasteiger partial charge on any atom is -0.466 e. The molecule has 0 fully saturated rings. The molecule has 1 aromatic carbocycles. The number of ether oxygens (including phenoxy) is 2. The van der Waals surface area contributed by atoms with E-state index >= 15 is 0 Å². The highest BCUT2D eigenvalue weighted by atomic mass is 32.2. The number of nitrogens with zero attached hydrogens (tertiary/aromatic N) is 1. The van der Waals surface area contributed by atoms with Crippen LogP contribution in [0.3, 0.4) is 0 Å². The molecule has 0 aromatic heterocycles. The summed E-state index contributed by atoms with van der Waals surface area (Å²) in [5.74, 6) is -0.129. The second kappa shape index (κ2) is 18.0. The van der Waals surface area contributed by atoms with Gasteiger partial charge in [-0.25, -0.2) is 4.79 Å². The zero-order chi connectivity index (χ0) is 32.0. The number of hydrogen-bond donors (Lipinski definition) is 2. The van der Waals surface area contributed by atoms with Crippen molar-refractivity contribution in [2.75, 3.05) is 25.2 Å². The Balaban J connectivity index is 3.60. The minimum absolute atomic E-state index is 0.0205. The molecule has 3 unspecified atom stereocenters. The van der Waals surface area contributed by atoms with Gasteiger partial charge in [-0.1, -0.05) is 32.0 Å². The summed E-state index contributed by atoms with van der Waals surface area (Å²) in [6.45, 7) is 17.5. The number of amides is 3. The van der Waals surface area contributed by atoms with Crippen LogP contribution >= 0.6 is 11.8 Å². The average Bonchev–Trinajstić information content (AvgIpc) is 2.88. The fourth-order valence-electron chi connectivity index (χ4n) is 4.43. The molecule has 238 valence electrons. The highest BCUT2D eigenvalue weighted by Gasteiger charge is 2.39. The van der Waals surface area contributed by atoms with Crippen LogP contribution in [0.2, 0.25) is 0 Å². The van der Waals surface area contributed by atoms with Gasteiger partial charge in [0.25, 0.3) is 0 Å². The molecule has 0 spiro atoms. The highest BCUT2D eigenvalue weighted by molar-refractivity contribution is 7.98. The van der Waals surface area contributed by atoms with E-state index in [9.17, 15) is 19.2 Å². The number of esters is 1. The summed E-state index contributed by atoms with van der Waals surface area (Å²) in [7, 11) is 0. The molecule has 1 aromatic rings. The first-order valence-corrected chi connectivity index (χ1v) is 16.3. The third kappa shape index (κ3) is 13.0. The van der Waals surface area contributed by atoms with Crippen molar-refractivity contribution in [3.8, 4) is 0 Å². The molecule has 0 bridgehead atoms. The molecule has 0 aliphatic rings. The quantitative estimate of drug-likeness (QED) is 0.231. The van der Waals surface area contributed by atoms with Gasteiger partial charge in [0.2, 0.25) is 11.8 Å². The Morgan fingerprint density at radius 2 is 1.67 bits per heavy atom. The van der Waals surface area contributed by atoms with Gasteiger partial charge in [-0.3, -0.25) is 14.4 Å². The Kier molecular flexibility index (Phi) is 16.0. The van der Waals surface area contributed by atoms with Gasteiger partial charge in [0.1, 0.15) is 17.7 Å². The Morgan fingerprint density at radius 3 is 2.21 bits per heavy atom. The van der Waals surface area contributed by atoms with E-state index in [-0.39, 0.29) is 31.5 Å². The van der Waals surface area contributed by atoms with Gasteiger partial charge in [0, 0.05) is 12.6 Å². The van der Waals surface area contributed by atoms with Crippen molar-refractivity contribution in [3.63, 3.8) is 0 Å². The Hall–Kier alpha value is -2.75. The van der Waals surface area contributed by atoms with Gasteiger partial charge >= 0.3 is 12.1 Å². The fourth-order valence-corrected chi connectivity index (χ4v) is 4.90. The van der Waals surface area contributed by atoms with E-state index in [1.165, 1.54) is 0 Å². The predicted octanol–water partition coefficient (Wildman–Crippen LogP) is 5.71. The van der Waals surface area contributed by atoms with Crippen LogP contribution in [0.4, 0.5) is 4.79 Å². The zero-order valence-electron chi connectivity index (χ0n) is 27.3. The van der Waals surface area contributed by atoms with Crippen LogP contribution in [0.5, 0.6) is 0 Å². The Labute approximate surface area is 257 Å². The lowest BCUT2D eigenvalue weighted by Gasteiger charge is -2.39. The highest BCUT2D eigenvalue weighted by Crippen LogP contribution is 2.29. The number of aryl methyl sites for hydroxylation is 2. The molecule has 0 aliphatic heterocycles. The van der Waals surface area contributed by atoms with Crippen molar-refractivity contribution in [2.45, 2.75) is 112 Å². The third-order valence-corrected chi connectivity index (χ3v) is 7.44. The Morgan fingerprint density at radius 1 is 1.00 bits per heavy atom. The van der Waals surface area contributed by atoms with E-state index in [2.05, 4.69) is 24.5 Å². The summed E-state index contributed by atoms with van der Waals surface area (Å²) in [5.41, 5.74) is 1.99. The molecular weight excluding hydrogens is 554 g/mol. The van der Waals surface area contributed by atoms with Crippen molar-refractivity contribution < 1.29 is 28.7 Å². The van der Waals surface area contributed by atoms with Crippen molar-refractivity contribution in [1.82, 2.24) is 15.5 Å². The average molecular weight is 608 g/mol. The summed E-state index contributed by atoms with van der Waals surface area (Å²) < 4.78 is 10.5. The summed E-state index contributed by atoms with van der Waals surface area (Å²) >= 11 is 1.57. The number of alkyl carbamates (subject to hydrolysis) is 1. The number of hydrogen-bond acceptors (Lipinski definition) is 7. The molecule has 0 radical (unpaired) electrons. The summed E-state index contributed by atoms with van der Waals surface area (Å²) in [6, 6.07) is 3.55. The molecule has 0 saturated heterocycles. The number of carbonyl (C=O) groups excluding carboxylic acids is 4. The van der Waals surface area contributed by atoms with Gasteiger partial charge in [-0.2, -0.15) is 11.8 Å². The molecule has 0 heterocycles. The third-order valence-electron chi connectivity index (χ3n) is 6.80. The largest absolute Gasteiger partial charge is 0.466 e. The summed E-state index contributed by atoms with van der Waals surface area (Å²) in [6.07, 6.45) is 3.17. The van der Waals surface area contributed by atoms with E-state index < -0.39 is 35.7 Å². The summed E-state index contributed by atoms with van der Waals surface area (Å²) in [5, 5.41) is 5.65. The van der Waals surface area contributed by atoms with E-state index in [0.717, 1.165) is 17.5 Å². The molecule has 1 rings (SSSR count). The SMILES string of the molecule is CCOC(=O)CCNC(=O)C(c1ccc(C)c(C)c1)N(C(=O)C(CCSC)NC(=O)OC(C)(C)C)C(C)CCC(C)C. The van der Waals surface area contributed by atoms with Crippen LogP contribution in [0.25, 0.3) is 0 Å².